The van der Waals surface area contributed by atoms with Crippen molar-refractivity contribution in [2.45, 2.75) is 0 Å². The fourth-order valence-corrected chi connectivity index (χ4v) is 0. The molecule has 0 fully saturated rings. The Morgan fingerprint density at radius 2 is 0.600 bits per heavy atom. The first-order chi connectivity index (χ1) is 2.45. The fraction of sp³-hybridized carbons (Fsp3) is 0. The standard InChI is InChI=1S/F6P.Na.2H2O/c1-7(2,3,4,5)6;;;/h;;2*1H2/q-1;+1;;. The molecule has 4 N–H and O–H groups in total. The van der Waals surface area contributed by atoms with Crippen molar-refractivity contribution in [3.63, 3.8) is 0 Å². The van der Waals surface area contributed by atoms with Gasteiger partial charge in [-0.2, -0.15) is 0 Å². The van der Waals surface area contributed by atoms with E-state index < -0.39 is 7.81 Å². The van der Waals surface area contributed by atoms with Crippen LogP contribution in [0.4, 0.5) is 25.2 Å². The van der Waals surface area contributed by atoms with E-state index in [-0.39, 0.29) is 40.5 Å². The van der Waals surface area contributed by atoms with Gasteiger partial charge in [0.1, 0.15) is 0 Å². The molecule has 10 heteroatoms. The molecule has 0 saturated carbocycles. The third-order valence-electron chi connectivity index (χ3n) is 0. The van der Waals surface area contributed by atoms with E-state index >= 15 is 0 Å². The topological polar surface area (TPSA) is 63.0 Å². The summed E-state index contributed by atoms with van der Waals surface area (Å²) in [5, 5.41) is 0. The zero-order chi connectivity index (χ0) is 6.41. The summed E-state index contributed by atoms with van der Waals surface area (Å²) < 4.78 is 59.2. The Bertz CT molecular complexity index is 74.3. The maximum Gasteiger partial charge on any atom is 1.00 e. The average Bonchev–Trinajstić information content (AvgIpc) is 0.592. The Labute approximate surface area is 73.7 Å². The third-order valence-corrected chi connectivity index (χ3v) is 0. The van der Waals surface area contributed by atoms with Gasteiger partial charge >= 0.3 is 62.5 Å². The smallest absolute Gasteiger partial charge is 0.412 e. The van der Waals surface area contributed by atoms with Crippen LogP contribution in [0.25, 0.3) is 0 Å². The summed E-state index contributed by atoms with van der Waals surface area (Å²) in [5.41, 5.74) is 0. The molecule has 64 valence electrons. The largest absolute Gasteiger partial charge is 1.00 e. The summed E-state index contributed by atoms with van der Waals surface area (Å²) >= 11 is 0. The van der Waals surface area contributed by atoms with Crippen LogP contribution in [0, 0.1) is 0 Å². The van der Waals surface area contributed by atoms with Crippen LogP contribution in [-0.2, 0) is 0 Å². The summed E-state index contributed by atoms with van der Waals surface area (Å²) in [4.78, 5) is 0. The van der Waals surface area contributed by atoms with Gasteiger partial charge in [0.2, 0.25) is 0 Å². The van der Waals surface area contributed by atoms with Crippen LogP contribution in [-0.4, -0.2) is 11.0 Å². The first kappa shape index (κ1) is 22.4. The van der Waals surface area contributed by atoms with Crippen molar-refractivity contribution >= 4 is 7.81 Å². The molecule has 0 aromatic rings. The summed E-state index contributed by atoms with van der Waals surface area (Å²) in [5.74, 6) is 0. The minimum Gasteiger partial charge on any atom is -0.412 e. The molecule has 0 rings (SSSR count). The molecule has 2 nitrogen and oxygen atoms in total. The number of hydrogen-bond donors (Lipinski definition) is 0. The quantitative estimate of drug-likeness (QED) is 0.268. The third kappa shape index (κ3) is 649. The maximum atomic E-state index is 9.87. The summed E-state index contributed by atoms with van der Waals surface area (Å²) in [6, 6.07) is 0. The second-order valence-electron chi connectivity index (χ2n) is 0.958. The molecule has 0 aliphatic rings. The molecule has 0 heterocycles. The second kappa shape index (κ2) is 3.12. The van der Waals surface area contributed by atoms with Crippen molar-refractivity contribution in [3.05, 3.63) is 0 Å². The predicted octanol–water partition coefficient (Wildman–Crippen LogP) is -1.26. The van der Waals surface area contributed by atoms with E-state index in [1.165, 1.54) is 0 Å². The molecule has 0 amide bonds. The number of rotatable bonds is 0. The molecular weight excluding hydrogens is 200 g/mol. The summed E-state index contributed by atoms with van der Waals surface area (Å²) in [6.45, 7) is 0. The Morgan fingerprint density at radius 1 is 0.600 bits per heavy atom. The number of hydrogen-bond acceptors (Lipinski definition) is 0. The van der Waals surface area contributed by atoms with Gasteiger partial charge in [0.25, 0.3) is 0 Å². The first-order valence-corrected chi connectivity index (χ1v) is 3.04. The molecule has 0 saturated heterocycles. The molecule has 0 aromatic heterocycles. The Kier molecular flexibility index (Phi) is 7.00. The van der Waals surface area contributed by atoms with E-state index in [0.717, 1.165) is 0 Å². The van der Waals surface area contributed by atoms with Gasteiger partial charge in [-0.05, 0) is 0 Å². The minimum absolute atomic E-state index is 0. The van der Waals surface area contributed by atoms with Gasteiger partial charge in [0.05, 0.1) is 0 Å². The van der Waals surface area contributed by atoms with Crippen molar-refractivity contribution in [1.82, 2.24) is 0 Å². The van der Waals surface area contributed by atoms with E-state index in [2.05, 4.69) is 0 Å². The monoisotopic (exact) mass is 204 g/mol. The van der Waals surface area contributed by atoms with Gasteiger partial charge in [-0.15, -0.1) is 0 Å². The normalized spacial score (nSPS) is 16.2. The van der Waals surface area contributed by atoms with E-state index in [0.29, 0.717) is 0 Å². The Balaban J connectivity index is -0.0000000600. The molecule has 0 aromatic carbocycles. The first-order valence-electron chi connectivity index (χ1n) is 1.01. The summed E-state index contributed by atoms with van der Waals surface area (Å²) in [7, 11) is -10.7. The zero-order valence-corrected chi connectivity index (χ0v) is 7.61. The molecule has 0 aliphatic heterocycles. The SMILES string of the molecule is F[P-](F)(F)(F)(F)F.O.O.[Na+]. The molecule has 10 heavy (non-hydrogen) atoms. The van der Waals surface area contributed by atoms with Crippen LogP contribution < -0.4 is 29.6 Å². The fourth-order valence-electron chi connectivity index (χ4n) is 0. The van der Waals surface area contributed by atoms with Gasteiger partial charge in [-0.3, -0.25) is 0 Å². The predicted molar refractivity (Wildman–Crippen MR) is 20.8 cm³/mol. The van der Waals surface area contributed by atoms with E-state index in [1.807, 2.05) is 0 Å². The van der Waals surface area contributed by atoms with Gasteiger partial charge in [0.15, 0.2) is 0 Å². The van der Waals surface area contributed by atoms with Gasteiger partial charge in [-0.1, -0.05) is 0 Å². The van der Waals surface area contributed by atoms with Crippen molar-refractivity contribution in [1.29, 1.82) is 0 Å². The van der Waals surface area contributed by atoms with Gasteiger partial charge in [0, 0.05) is 0 Å². The molecule has 0 radical (unpaired) electrons. The molecule has 0 aliphatic carbocycles. The molecule has 0 atom stereocenters. The zero-order valence-electron chi connectivity index (χ0n) is 4.72. The average molecular weight is 204 g/mol. The second-order valence-corrected chi connectivity index (χ2v) is 2.87. The van der Waals surface area contributed by atoms with Crippen molar-refractivity contribution in [2.24, 2.45) is 0 Å². The Morgan fingerprint density at radius 3 is 0.600 bits per heavy atom. The van der Waals surface area contributed by atoms with Gasteiger partial charge in [-0.25, -0.2) is 0 Å². The van der Waals surface area contributed by atoms with Crippen molar-refractivity contribution in [3.8, 4) is 0 Å². The molecular formula is H4F6NaO2P. The van der Waals surface area contributed by atoms with Crippen LogP contribution in [0.2, 0.25) is 0 Å². The molecule has 0 bridgehead atoms. The van der Waals surface area contributed by atoms with E-state index in [4.69, 9.17) is 0 Å². The van der Waals surface area contributed by atoms with Crippen LogP contribution in [0.5, 0.6) is 0 Å². The Hall–Kier alpha value is 0.930. The van der Waals surface area contributed by atoms with E-state index in [1.54, 1.807) is 0 Å². The van der Waals surface area contributed by atoms with Crippen molar-refractivity contribution < 1.29 is 65.7 Å². The van der Waals surface area contributed by atoms with Crippen LogP contribution in [0.3, 0.4) is 0 Å². The van der Waals surface area contributed by atoms with E-state index in [9.17, 15) is 25.2 Å². The van der Waals surface area contributed by atoms with Gasteiger partial charge < -0.3 is 11.0 Å². The summed E-state index contributed by atoms with van der Waals surface area (Å²) in [6.07, 6.45) is 0. The molecule has 0 unspecified atom stereocenters. The minimum atomic E-state index is -10.7. The number of halogens is 6. The van der Waals surface area contributed by atoms with Crippen LogP contribution in [0.1, 0.15) is 0 Å². The van der Waals surface area contributed by atoms with Crippen LogP contribution in [0.15, 0.2) is 0 Å². The van der Waals surface area contributed by atoms with Crippen LogP contribution >= 0.6 is 7.81 Å². The maximum absolute atomic E-state index is 10.7. The van der Waals surface area contributed by atoms with Crippen molar-refractivity contribution in [2.75, 3.05) is 0 Å². The molecule has 0 spiro atoms.